The number of halogens is 1. The average Bonchev–Trinajstić information content (AvgIpc) is 2.30. The summed E-state index contributed by atoms with van der Waals surface area (Å²) in [6.45, 7) is 2.55. The van der Waals surface area contributed by atoms with E-state index >= 15 is 0 Å². The van der Waals surface area contributed by atoms with E-state index in [0.29, 0.717) is 17.4 Å². The number of nitrogens with one attached hydrogen (secondary N) is 1. The van der Waals surface area contributed by atoms with Crippen LogP contribution in [-0.2, 0) is 0 Å². The third-order valence-corrected chi connectivity index (χ3v) is 3.08. The molecule has 0 aliphatic carbocycles. The lowest BCUT2D eigenvalue weighted by Crippen LogP contribution is -2.12. The molecule has 0 bridgehead atoms. The van der Waals surface area contributed by atoms with Gasteiger partial charge in [-0.25, -0.2) is 0 Å². The largest absolute Gasteiger partial charge is 0.393 e. The highest BCUT2D eigenvalue weighted by Crippen LogP contribution is 2.27. The van der Waals surface area contributed by atoms with E-state index in [2.05, 4.69) is 21.2 Å². The van der Waals surface area contributed by atoms with Crippen molar-refractivity contribution in [3.63, 3.8) is 0 Å². The normalized spacial score (nSPS) is 12.2. The first-order valence-corrected chi connectivity index (χ1v) is 6.19. The van der Waals surface area contributed by atoms with Crippen molar-refractivity contribution in [2.45, 2.75) is 25.9 Å². The fourth-order valence-electron chi connectivity index (χ4n) is 1.34. The lowest BCUT2D eigenvalue weighted by molar-refractivity contribution is -0.384. The Hall–Kier alpha value is -1.14. The third-order valence-electron chi connectivity index (χ3n) is 2.43. The number of rotatable bonds is 6. The van der Waals surface area contributed by atoms with Gasteiger partial charge < -0.3 is 10.4 Å². The third kappa shape index (κ3) is 4.32. The topological polar surface area (TPSA) is 75.4 Å². The molecule has 0 aromatic heterocycles. The number of hydrogen-bond donors (Lipinski definition) is 2. The Morgan fingerprint density at radius 2 is 2.29 bits per heavy atom. The van der Waals surface area contributed by atoms with E-state index in [0.717, 1.165) is 12.1 Å². The molecule has 2 N–H and O–H groups in total. The van der Waals surface area contributed by atoms with Gasteiger partial charge in [-0.2, -0.15) is 0 Å². The summed E-state index contributed by atoms with van der Waals surface area (Å²) in [6.07, 6.45) is 1.07. The first-order chi connectivity index (χ1) is 8.04. The molecule has 0 aliphatic heterocycles. The number of benzene rings is 1. The van der Waals surface area contributed by atoms with Crippen LogP contribution in [-0.4, -0.2) is 22.7 Å². The van der Waals surface area contributed by atoms with Gasteiger partial charge in [0.15, 0.2) is 0 Å². The van der Waals surface area contributed by atoms with E-state index in [1.54, 1.807) is 6.07 Å². The van der Waals surface area contributed by atoms with Crippen molar-refractivity contribution in [2.24, 2.45) is 0 Å². The summed E-state index contributed by atoms with van der Waals surface area (Å²) >= 11 is 3.27. The van der Waals surface area contributed by atoms with Gasteiger partial charge in [-0.05, 0) is 34.8 Å². The van der Waals surface area contributed by atoms with Gasteiger partial charge in [0, 0.05) is 28.8 Å². The molecule has 6 heteroatoms. The second-order valence-electron chi connectivity index (χ2n) is 3.70. The van der Waals surface area contributed by atoms with Crippen molar-refractivity contribution in [3.8, 4) is 0 Å². The molecule has 1 aromatic carbocycles. The van der Waals surface area contributed by atoms with E-state index < -0.39 is 4.92 Å². The van der Waals surface area contributed by atoms with Crippen molar-refractivity contribution in [1.82, 2.24) is 0 Å². The second kappa shape index (κ2) is 6.56. The summed E-state index contributed by atoms with van der Waals surface area (Å²) in [6, 6.07) is 4.56. The van der Waals surface area contributed by atoms with Gasteiger partial charge in [-0.3, -0.25) is 10.1 Å². The van der Waals surface area contributed by atoms with Crippen molar-refractivity contribution in [2.75, 3.05) is 11.9 Å². The first-order valence-electron chi connectivity index (χ1n) is 5.40. The fourth-order valence-corrected chi connectivity index (χ4v) is 1.85. The summed E-state index contributed by atoms with van der Waals surface area (Å²) in [7, 11) is 0. The number of non-ortho nitro benzene ring substituents is 1. The highest BCUT2D eigenvalue weighted by atomic mass is 79.9. The minimum absolute atomic E-state index is 0.0519. The molecule has 94 valence electrons. The van der Waals surface area contributed by atoms with Crippen molar-refractivity contribution < 1.29 is 10.0 Å². The summed E-state index contributed by atoms with van der Waals surface area (Å²) < 4.78 is 0.651. The standard InChI is InChI=1S/C11H15BrN2O3/c1-2-9(15)5-6-13-11-4-3-8(14(16)17)7-10(11)12/h3-4,7,9,13,15H,2,5-6H2,1H3. The van der Waals surface area contributed by atoms with Crippen LogP contribution in [0.25, 0.3) is 0 Å². The monoisotopic (exact) mass is 302 g/mol. The predicted octanol–water partition coefficient (Wildman–Crippen LogP) is 2.93. The van der Waals surface area contributed by atoms with Gasteiger partial charge >= 0.3 is 0 Å². The molecular weight excluding hydrogens is 288 g/mol. The number of aliphatic hydroxyl groups is 1. The maximum atomic E-state index is 10.5. The molecule has 5 nitrogen and oxygen atoms in total. The Bertz CT molecular complexity index is 398. The Morgan fingerprint density at radius 3 is 2.82 bits per heavy atom. The zero-order valence-electron chi connectivity index (χ0n) is 9.52. The molecule has 17 heavy (non-hydrogen) atoms. The molecule has 1 rings (SSSR count). The predicted molar refractivity (Wildman–Crippen MR) is 70.2 cm³/mol. The lowest BCUT2D eigenvalue weighted by Gasteiger charge is -2.10. The minimum Gasteiger partial charge on any atom is -0.393 e. The van der Waals surface area contributed by atoms with Crippen LogP contribution >= 0.6 is 15.9 Å². The first kappa shape index (κ1) is 13.9. The van der Waals surface area contributed by atoms with Crippen LogP contribution in [0.1, 0.15) is 19.8 Å². The van der Waals surface area contributed by atoms with Gasteiger partial charge in [0.1, 0.15) is 0 Å². The van der Waals surface area contributed by atoms with Gasteiger partial charge in [-0.15, -0.1) is 0 Å². The minimum atomic E-state index is -0.435. The smallest absolute Gasteiger partial charge is 0.270 e. The Kier molecular flexibility index (Phi) is 5.37. The number of nitro groups is 1. The van der Waals surface area contributed by atoms with Crippen LogP contribution in [0, 0.1) is 10.1 Å². The quantitative estimate of drug-likeness (QED) is 0.626. The molecule has 0 saturated heterocycles. The molecule has 0 aliphatic rings. The van der Waals surface area contributed by atoms with Crippen molar-refractivity contribution in [1.29, 1.82) is 0 Å². The van der Waals surface area contributed by atoms with E-state index in [1.165, 1.54) is 12.1 Å². The number of hydrogen-bond acceptors (Lipinski definition) is 4. The highest BCUT2D eigenvalue weighted by molar-refractivity contribution is 9.10. The van der Waals surface area contributed by atoms with E-state index in [-0.39, 0.29) is 11.8 Å². The summed E-state index contributed by atoms with van der Waals surface area (Å²) in [4.78, 5) is 10.1. The zero-order chi connectivity index (χ0) is 12.8. The van der Waals surface area contributed by atoms with Crippen molar-refractivity contribution in [3.05, 3.63) is 32.8 Å². The molecule has 1 atom stereocenters. The van der Waals surface area contributed by atoms with Gasteiger partial charge in [0.25, 0.3) is 5.69 Å². The van der Waals surface area contributed by atoms with Gasteiger partial charge in [0.05, 0.1) is 11.0 Å². The summed E-state index contributed by atoms with van der Waals surface area (Å²) in [5.41, 5.74) is 0.843. The van der Waals surface area contributed by atoms with Gasteiger partial charge in [0.2, 0.25) is 0 Å². The van der Waals surface area contributed by atoms with Crippen LogP contribution in [0.4, 0.5) is 11.4 Å². The number of anilines is 1. The average molecular weight is 303 g/mol. The van der Waals surface area contributed by atoms with Crippen LogP contribution in [0.15, 0.2) is 22.7 Å². The Labute approximate surface area is 108 Å². The molecule has 1 aromatic rings. The Morgan fingerprint density at radius 1 is 1.59 bits per heavy atom. The van der Waals surface area contributed by atoms with E-state index in [1.807, 2.05) is 6.92 Å². The summed E-state index contributed by atoms with van der Waals surface area (Å²) in [5, 5.41) is 23.0. The van der Waals surface area contributed by atoms with Crippen LogP contribution in [0.2, 0.25) is 0 Å². The lowest BCUT2D eigenvalue weighted by atomic mass is 10.2. The summed E-state index contributed by atoms with van der Waals surface area (Å²) in [5.74, 6) is 0. The van der Waals surface area contributed by atoms with Crippen LogP contribution in [0.5, 0.6) is 0 Å². The zero-order valence-corrected chi connectivity index (χ0v) is 11.1. The Balaban J connectivity index is 2.57. The maximum absolute atomic E-state index is 10.5. The van der Waals surface area contributed by atoms with E-state index in [4.69, 9.17) is 0 Å². The number of nitro benzene ring substituents is 1. The molecule has 0 radical (unpaired) electrons. The fraction of sp³-hybridized carbons (Fsp3) is 0.455. The molecular formula is C11H15BrN2O3. The molecule has 0 fully saturated rings. The van der Waals surface area contributed by atoms with Crippen molar-refractivity contribution >= 4 is 27.3 Å². The molecule has 0 saturated carbocycles. The van der Waals surface area contributed by atoms with E-state index in [9.17, 15) is 15.2 Å². The number of aliphatic hydroxyl groups excluding tert-OH is 1. The molecule has 0 spiro atoms. The van der Waals surface area contributed by atoms with Crippen LogP contribution < -0.4 is 5.32 Å². The molecule has 0 heterocycles. The highest BCUT2D eigenvalue weighted by Gasteiger charge is 2.09. The SMILES string of the molecule is CCC(O)CCNc1ccc([N+](=O)[O-])cc1Br. The van der Waals surface area contributed by atoms with Gasteiger partial charge in [-0.1, -0.05) is 6.92 Å². The molecule has 1 unspecified atom stereocenters. The van der Waals surface area contributed by atoms with Crippen LogP contribution in [0.3, 0.4) is 0 Å². The molecule has 0 amide bonds. The maximum Gasteiger partial charge on any atom is 0.270 e. The number of nitrogens with zero attached hydrogens (tertiary/aromatic N) is 1. The second-order valence-corrected chi connectivity index (χ2v) is 4.55.